The Bertz CT molecular complexity index is 921. The van der Waals surface area contributed by atoms with E-state index in [4.69, 9.17) is 17.0 Å². The van der Waals surface area contributed by atoms with Crippen LogP contribution in [0.2, 0.25) is 0 Å². The number of amides is 2. The van der Waals surface area contributed by atoms with Crippen molar-refractivity contribution >= 4 is 34.8 Å². The van der Waals surface area contributed by atoms with Gasteiger partial charge in [-0.05, 0) is 81.9 Å². The molecule has 3 N–H and O–H groups in total. The number of hydrogen-bond donors (Lipinski definition) is 3. The van der Waals surface area contributed by atoms with Crippen LogP contribution in [0.25, 0.3) is 0 Å². The quantitative estimate of drug-likeness (QED) is 0.353. The van der Waals surface area contributed by atoms with Crippen LogP contribution in [-0.2, 0) is 0 Å². The Morgan fingerprint density at radius 3 is 2.31 bits per heavy atom. The molecule has 0 atom stereocenters. The Balaban J connectivity index is 1.87. The van der Waals surface area contributed by atoms with Crippen molar-refractivity contribution in [2.45, 2.75) is 58.9 Å². The van der Waals surface area contributed by atoms with Crippen molar-refractivity contribution < 1.29 is 14.3 Å². The highest BCUT2D eigenvalue weighted by atomic mass is 32.1. The molecule has 0 saturated heterocycles. The van der Waals surface area contributed by atoms with Gasteiger partial charge in [0.1, 0.15) is 5.75 Å². The van der Waals surface area contributed by atoms with Gasteiger partial charge in [0.15, 0.2) is 5.11 Å². The number of carbonyl (C=O) groups excluding carboxylic acids is 2. The number of ether oxygens (including phenoxy) is 1. The van der Waals surface area contributed by atoms with Crippen molar-refractivity contribution in [3.8, 4) is 5.75 Å². The minimum atomic E-state index is -0.334. The molecule has 0 bridgehead atoms. The van der Waals surface area contributed by atoms with Crippen molar-refractivity contribution in [3.63, 3.8) is 0 Å². The lowest BCUT2D eigenvalue weighted by Crippen LogP contribution is -2.40. The summed E-state index contributed by atoms with van der Waals surface area (Å²) in [6.07, 6.45) is 4.59. The van der Waals surface area contributed by atoms with Crippen molar-refractivity contribution in [1.82, 2.24) is 10.6 Å². The molecule has 6 nitrogen and oxygen atoms in total. The number of thiocarbonyl (C=S) groups is 1. The summed E-state index contributed by atoms with van der Waals surface area (Å²) in [5.41, 5.74) is 1.26. The highest BCUT2D eigenvalue weighted by Gasteiger charge is 2.16. The van der Waals surface area contributed by atoms with E-state index in [0.717, 1.165) is 18.6 Å². The minimum Gasteiger partial charge on any atom is -0.494 e. The number of anilines is 1. The van der Waals surface area contributed by atoms with Crippen LogP contribution >= 0.6 is 12.2 Å². The number of unbranched alkanes of at least 4 members (excludes halogenated alkanes) is 3. The topological polar surface area (TPSA) is 79.5 Å². The maximum Gasteiger partial charge on any atom is 0.257 e. The second-order valence-corrected chi connectivity index (χ2v) is 9.03. The summed E-state index contributed by atoms with van der Waals surface area (Å²) in [5, 5.41) is 8.68. The molecule has 0 saturated carbocycles. The molecule has 2 rings (SSSR count). The largest absolute Gasteiger partial charge is 0.494 e. The molecule has 0 aromatic heterocycles. The molecule has 172 valence electrons. The van der Waals surface area contributed by atoms with Gasteiger partial charge in [0.05, 0.1) is 6.61 Å². The molecule has 2 amide bonds. The van der Waals surface area contributed by atoms with Crippen LogP contribution in [0.15, 0.2) is 48.5 Å². The molecule has 2 aromatic rings. The first-order chi connectivity index (χ1) is 15.2. The number of nitrogens with one attached hydrogen (secondary N) is 3. The molecule has 0 spiro atoms. The maximum atomic E-state index is 12.5. The van der Waals surface area contributed by atoms with Crippen LogP contribution < -0.4 is 20.7 Å². The van der Waals surface area contributed by atoms with Crippen molar-refractivity contribution in [1.29, 1.82) is 0 Å². The van der Waals surface area contributed by atoms with E-state index in [9.17, 15) is 9.59 Å². The number of benzene rings is 2. The maximum absolute atomic E-state index is 12.5. The van der Waals surface area contributed by atoms with Crippen LogP contribution in [0.3, 0.4) is 0 Å². The van der Waals surface area contributed by atoms with Gasteiger partial charge in [-0.25, -0.2) is 0 Å². The van der Waals surface area contributed by atoms with Gasteiger partial charge >= 0.3 is 0 Å². The van der Waals surface area contributed by atoms with Gasteiger partial charge in [0.2, 0.25) is 0 Å². The summed E-state index contributed by atoms with van der Waals surface area (Å²) in [7, 11) is 0. The molecular weight excluding hydrogens is 422 g/mol. The zero-order chi connectivity index (χ0) is 23.6. The van der Waals surface area contributed by atoms with E-state index in [1.54, 1.807) is 48.5 Å². The highest BCUT2D eigenvalue weighted by molar-refractivity contribution is 7.80. The van der Waals surface area contributed by atoms with Crippen LogP contribution in [0.4, 0.5) is 5.69 Å². The molecule has 0 aliphatic carbocycles. The van der Waals surface area contributed by atoms with Gasteiger partial charge in [-0.15, -0.1) is 0 Å². The number of rotatable bonds is 9. The molecule has 0 aliphatic heterocycles. The third-order valence-corrected chi connectivity index (χ3v) is 4.69. The average Bonchev–Trinajstić information content (AvgIpc) is 2.73. The van der Waals surface area contributed by atoms with Crippen LogP contribution in [0.5, 0.6) is 5.75 Å². The zero-order valence-corrected chi connectivity index (χ0v) is 20.1. The van der Waals surface area contributed by atoms with Gasteiger partial charge < -0.3 is 15.4 Å². The summed E-state index contributed by atoms with van der Waals surface area (Å²) in [6.45, 7) is 8.61. The second kappa shape index (κ2) is 12.2. The lowest BCUT2D eigenvalue weighted by atomic mass is 10.1. The predicted octanol–water partition coefficient (Wildman–Crippen LogP) is 5.30. The first kappa shape index (κ1) is 25.3. The molecule has 7 heteroatoms. The van der Waals surface area contributed by atoms with Gasteiger partial charge in [0.25, 0.3) is 11.8 Å². The van der Waals surface area contributed by atoms with Gasteiger partial charge in [-0.3, -0.25) is 14.9 Å². The molecule has 0 aliphatic rings. The van der Waals surface area contributed by atoms with Crippen molar-refractivity contribution in [3.05, 3.63) is 59.7 Å². The van der Waals surface area contributed by atoms with Crippen molar-refractivity contribution in [2.75, 3.05) is 11.9 Å². The Hall–Kier alpha value is -2.93. The molecule has 0 heterocycles. The smallest absolute Gasteiger partial charge is 0.257 e. The van der Waals surface area contributed by atoms with E-state index in [1.165, 1.54) is 12.8 Å². The van der Waals surface area contributed by atoms with Crippen LogP contribution in [-0.4, -0.2) is 29.1 Å². The van der Waals surface area contributed by atoms with Crippen LogP contribution in [0.1, 0.15) is 74.1 Å². The summed E-state index contributed by atoms with van der Waals surface area (Å²) in [6, 6.07) is 13.9. The molecule has 0 radical (unpaired) electrons. The highest BCUT2D eigenvalue weighted by Crippen LogP contribution is 2.14. The Labute approximate surface area is 196 Å². The van der Waals surface area contributed by atoms with E-state index in [0.29, 0.717) is 23.4 Å². The van der Waals surface area contributed by atoms with E-state index < -0.39 is 0 Å². The summed E-state index contributed by atoms with van der Waals surface area (Å²) < 4.78 is 5.71. The third-order valence-electron chi connectivity index (χ3n) is 4.48. The number of hydrogen-bond acceptors (Lipinski definition) is 4. The van der Waals surface area contributed by atoms with E-state index in [1.807, 2.05) is 20.8 Å². The minimum absolute atomic E-state index is 0.152. The lowest BCUT2D eigenvalue weighted by molar-refractivity contribution is 0.0918. The van der Waals surface area contributed by atoms with Crippen molar-refractivity contribution in [2.24, 2.45) is 0 Å². The summed E-state index contributed by atoms with van der Waals surface area (Å²) >= 11 is 5.26. The van der Waals surface area contributed by atoms with E-state index in [2.05, 4.69) is 22.9 Å². The monoisotopic (exact) mass is 455 g/mol. The summed E-state index contributed by atoms with van der Waals surface area (Å²) in [5.74, 6) is 0.242. The first-order valence-electron chi connectivity index (χ1n) is 11.0. The first-order valence-corrected chi connectivity index (χ1v) is 11.4. The lowest BCUT2D eigenvalue weighted by Gasteiger charge is -2.20. The molecular formula is C25H33N3O3S. The van der Waals surface area contributed by atoms with E-state index >= 15 is 0 Å². The second-order valence-electron chi connectivity index (χ2n) is 8.63. The predicted molar refractivity (Wildman–Crippen MR) is 133 cm³/mol. The number of carbonyl (C=O) groups is 2. The summed E-state index contributed by atoms with van der Waals surface area (Å²) in [4.78, 5) is 24.8. The Morgan fingerprint density at radius 1 is 0.938 bits per heavy atom. The van der Waals surface area contributed by atoms with Gasteiger partial charge in [-0.1, -0.05) is 32.3 Å². The third kappa shape index (κ3) is 9.06. The van der Waals surface area contributed by atoms with E-state index in [-0.39, 0.29) is 22.5 Å². The fourth-order valence-corrected chi connectivity index (χ4v) is 3.12. The standard InChI is InChI=1S/C25H33N3O3S/c1-5-6-7-8-16-31-21-14-12-18(13-15-21)22(29)27-24(32)26-20-11-9-10-19(17-20)23(30)28-25(2,3)4/h9-15,17H,5-8,16H2,1-4H3,(H,28,30)(H2,26,27,29,32). The average molecular weight is 456 g/mol. The molecule has 0 unspecified atom stereocenters. The normalized spacial score (nSPS) is 10.9. The SMILES string of the molecule is CCCCCCOc1ccc(C(=O)NC(=S)Nc2cccc(C(=O)NC(C)(C)C)c2)cc1. The van der Waals surface area contributed by atoms with Crippen LogP contribution in [0, 0.1) is 0 Å². The molecule has 2 aromatic carbocycles. The Kier molecular flexibility index (Phi) is 9.65. The fraction of sp³-hybridized carbons (Fsp3) is 0.400. The molecule has 0 fully saturated rings. The van der Waals surface area contributed by atoms with Gasteiger partial charge in [0, 0.05) is 22.4 Å². The fourth-order valence-electron chi connectivity index (χ4n) is 2.91. The Morgan fingerprint density at radius 2 is 1.66 bits per heavy atom. The zero-order valence-electron chi connectivity index (χ0n) is 19.3. The van der Waals surface area contributed by atoms with Gasteiger partial charge in [-0.2, -0.15) is 0 Å². The molecule has 32 heavy (non-hydrogen) atoms.